The van der Waals surface area contributed by atoms with Crippen LogP contribution in [0.15, 0.2) is 22.9 Å². The molecule has 0 N–H and O–H groups in total. The predicted molar refractivity (Wildman–Crippen MR) is 74.1 cm³/mol. The highest BCUT2D eigenvalue weighted by Gasteiger charge is 2.23. The van der Waals surface area contributed by atoms with Gasteiger partial charge in [-0.1, -0.05) is 19.9 Å². The summed E-state index contributed by atoms with van der Waals surface area (Å²) < 4.78 is 6.24. The molecule has 17 heavy (non-hydrogen) atoms. The average Bonchev–Trinajstić information content (AvgIpc) is 2.29. The van der Waals surface area contributed by atoms with Gasteiger partial charge in [0.25, 0.3) is 0 Å². The Balaban J connectivity index is 2.34. The standard InChI is InChI=1S/C14H18BrNO/c1-14(2)6-4-10(5-7-14)11-8-13(15)16-9-12(11)17-3/h4,8-9H,5-7H2,1-3H3. The molecular weight excluding hydrogens is 278 g/mol. The largest absolute Gasteiger partial charge is 0.495 e. The van der Waals surface area contributed by atoms with E-state index in [4.69, 9.17) is 4.74 Å². The van der Waals surface area contributed by atoms with E-state index in [1.807, 2.05) is 6.07 Å². The quantitative estimate of drug-likeness (QED) is 0.752. The number of pyridine rings is 1. The number of methoxy groups -OCH3 is 1. The SMILES string of the molecule is COc1cnc(Br)cc1C1=CCC(C)(C)CC1. The van der Waals surface area contributed by atoms with E-state index in [0.717, 1.165) is 23.2 Å². The highest BCUT2D eigenvalue weighted by Crippen LogP contribution is 2.40. The first-order chi connectivity index (χ1) is 8.02. The van der Waals surface area contributed by atoms with Crippen LogP contribution in [-0.4, -0.2) is 12.1 Å². The maximum Gasteiger partial charge on any atom is 0.144 e. The molecule has 2 nitrogen and oxygen atoms in total. The Morgan fingerprint density at radius 1 is 1.41 bits per heavy atom. The van der Waals surface area contributed by atoms with Gasteiger partial charge in [-0.2, -0.15) is 0 Å². The zero-order valence-electron chi connectivity index (χ0n) is 10.6. The summed E-state index contributed by atoms with van der Waals surface area (Å²) in [7, 11) is 1.70. The summed E-state index contributed by atoms with van der Waals surface area (Å²) in [6.07, 6.45) is 7.58. The third-order valence-electron chi connectivity index (χ3n) is 3.37. The van der Waals surface area contributed by atoms with E-state index in [1.165, 1.54) is 17.6 Å². The molecule has 2 rings (SSSR count). The maximum absolute atomic E-state index is 5.38. The highest BCUT2D eigenvalue weighted by atomic mass is 79.9. The zero-order chi connectivity index (χ0) is 12.5. The Kier molecular flexibility index (Phi) is 3.57. The minimum Gasteiger partial charge on any atom is -0.495 e. The van der Waals surface area contributed by atoms with Crippen molar-refractivity contribution in [2.45, 2.75) is 33.1 Å². The van der Waals surface area contributed by atoms with E-state index in [9.17, 15) is 0 Å². The summed E-state index contributed by atoms with van der Waals surface area (Å²) in [5.41, 5.74) is 2.98. The monoisotopic (exact) mass is 295 g/mol. The summed E-state index contributed by atoms with van der Waals surface area (Å²) in [4.78, 5) is 4.20. The van der Waals surface area contributed by atoms with E-state index in [-0.39, 0.29) is 0 Å². The van der Waals surface area contributed by atoms with Gasteiger partial charge in [-0.25, -0.2) is 4.98 Å². The van der Waals surface area contributed by atoms with Crippen molar-refractivity contribution in [1.82, 2.24) is 4.98 Å². The summed E-state index contributed by atoms with van der Waals surface area (Å²) in [6.45, 7) is 4.64. The molecule has 0 saturated heterocycles. The predicted octanol–water partition coefficient (Wildman–Crippen LogP) is 4.45. The lowest BCUT2D eigenvalue weighted by atomic mass is 9.77. The molecule has 0 bridgehead atoms. The van der Waals surface area contributed by atoms with Gasteiger partial charge in [0.1, 0.15) is 10.4 Å². The van der Waals surface area contributed by atoms with E-state index in [0.29, 0.717) is 5.41 Å². The fraction of sp³-hybridized carbons (Fsp3) is 0.500. The number of nitrogens with zero attached hydrogens (tertiary/aromatic N) is 1. The molecule has 1 aliphatic rings. The van der Waals surface area contributed by atoms with Crippen molar-refractivity contribution in [3.63, 3.8) is 0 Å². The highest BCUT2D eigenvalue weighted by molar-refractivity contribution is 9.10. The van der Waals surface area contributed by atoms with Crippen LogP contribution in [0.4, 0.5) is 0 Å². The lowest BCUT2D eigenvalue weighted by Gasteiger charge is -2.29. The van der Waals surface area contributed by atoms with Crippen molar-refractivity contribution in [1.29, 1.82) is 0 Å². The van der Waals surface area contributed by atoms with Crippen LogP contribution in [0.5, 0.6) is 5.75 Å². The molecule has 1 aromatic rings. The Morgan fingerprint density at radius 2 is 2.18 bits per heavy atom. The zero-order valence-corrected chi connectivity index (χ0v) is 12.2. The molecule has 0 unspecified atom stereocenters. The van der Waals surface area contributed by atoms with Crippen LogP contribution >= 0.6 is 15.9 Å². The van der Waals surface area contributed by atoms with Gasteiger partial charge >= 0.3 is 0 Å². The Hall–Kier alpha value is -0.830. The molecule has 1 aliphatic carbocycles. The molecule has 1 aromatic heterocycles. The van der Waals surface area contributed by atoms with Crippen molar-refractivity contribution >= 4 is 21.5 Å². The molecule has 0 fully saturated rings. The van der Waals surface area contributed by atoms with Gasteiger partial charge < -0.3 is 4.74 Å². The Labute approximate surface area is 111 Å². The van der Waals surface area contributed by atoms with Crippen molar-refractivity contribution in [2.75, 3.05) is 7.11 Å². The first-order valence-corrected chi connectivity index (χ1v) is 6.70. The second-order valence-corrected chi connectivity index (χ2v) is 6.12. The van der Waals surface area contributed by atoms with Gasteiger partial charge in [0.05, 0.1) is 13.3 Å². The van der Waals surface area contributed by atoms with Crippen molar-refractivity contribution in [3.8, 4) is 5.75 Å². The Bertz CT molecular complexity index is 452. The maximum atomic E-state index is 5.38. The lowest BCUT2D eigenvalue weighted by molar-refractivity contribution is 0.334. The minimum atomic E-state index is 0.432. The molecule has 0 radical (unpaired) electrons. The van der Waals surface area contributed by atoms with Crippen LogP contribution in [0, 0.1) is 5.41 Å². The second kappa shape index (κ2) is 4.81. The molecule has 3 heteroatoms. The third-order valence-corrected chi connectivity index (χ3v) is 3.81. The van der Waals surface area contributed by atoms with E-state index in [1.54, 1.807) is 13.3 Å². The molecule has 0 spiro atoms. The van der Waals surface area contributed by atoms with Crippen LogP contribution in [0.25, 0.3) is 5.57 Å². The number of rotatable bonds is 2. The first kappa shape index (κ1) is 12.6. The van der Waals surface area contributed by atoms with Gasteiger partial charge in [-0.05, 0) is 52.2 Å². The summed E-state index contributed by atoms with van der Waals surface area (Å²) in [5.74, 6) is 0.860. The second-order valence-electron chi connectivity index (χ2n) is 5.31. The number of ether oxygens (including phenoxy) is 1. The van der Waals surface area contributed by atoms with Crippen molar-refractivity contribution < 1.29 is 4.74 Å². The lowest BCUT2D eigenvalue weighted by Crippen LogP contribution is -2.14. The third kappa shape index (κ3) is 2.89. The van der Waals surface area contributed by atoms with Crippen molar-refractivity contribution in [2.24, 2.45) is 5.41 Å². The number of hydrogen-bond donors (Lipinski definition) is 0. The van der Waals surface area contributed by atoms with Crippen LogP contribution in [-0.2, 0) is 0 Å². The summed E-state index contributed by atoms with van der Waals surface area (Å²) in [6, 6.07) is 2.04. The fourth-order valence-corrected chi connectivity index (χ4v) is 2.48. The number of hydrogen-bond acceptors (Lipinski definition) is 2. The molecular formula is C14H18BrNO. The molecule has 0 atom stereocenters. The average molecular weight is 296 g/mol. The molecule has 1 heterocycles. The normalized spacial score (nSPS) is 18.7. The minimum absolute atomic E-state index is 0.432. The molecule has 0 amide bonds. The summed E-state index contributed by atoms with van der Waals surface area (Å²) >= 11 is 3.42. The Morgan fingerprint density at radius 3 is 2.76 bits per heavy atom. The van der Waals surface area contributed by atoms with Gasteiger partial charge in [0, 0.05) is 5.56 Å². The molecule has 0 saturated carbocycles. The molecule has 0 aromatic carbocycles. The summed E-state index contributed by atoms with van der Waals surface area (Å²) in [5, 5.41) is 0. The molecule has 92 valence electrons. The van der Waals surface area contributed by atoms with Crippen LogP contribution < -0.4 is 4.74 Å². The van der Waals surface area contributed by atoms with Gasteiger partial charge in [0.15, 0.2) is 0 Å². The number of halogens is 1. The van der Waals surface area contributed by atoms with E-state index < -0.39 is 0 Å². The topological polar surface area (TPSA) is 22.1 Å². The molecule has 0 aliphatic heterocycles. The van der Waals surface area contributed by atoms with Gasteiger partial charge in [-0.3, -0.25) is 0 Å². The van der Waals surface area contributed by atoms with Crippen LogP contribution in [0.2, 0.25) is 0 Å². The van der Waals surface area contributed by atoms with Gasteiger partial charge in [0.2, 0.25) is 0 Å². The van der Waals surface area contributed by atoms with Crippen LogP contribution in [0.1, 0.15) is 38.7 Å². The van der Waals surface area contributed by atoms with Crippen molar-refractivity contribution in [3.05, 3.63) is 28.5 Å². The van der Waals surface area contributed by atoms with Gasteiger partial charge in [-0.15, -0.1) is 0 Å². The van der Waals surface area contributed by atoms with E-state index >= 15 is 0 Å². The van der Waals surface area contributed by atoms with Crippen LogP contribution in [0.3, 0.4) is 0 Å². The van der Waals surface area contributed by atoms with E-state index in [2.05, 4.69) is 40.8 Å². The fourth-order valence-electron chi connectivity index (χ4n) is 2.15. The number of aromatic nitrogens is 1. The smallest absolute Gasteiger partial charge is 0.144 e. The number of allylic oxidation sites excluding steroid dienone is 2. The first-order valence-electron chi connectivity index (χ1n) is 5.91.